The number of hydrogen-bond donors (Lipinski definition) is 2. The number of amides is 2. The van der Waals surface area contributed by atoms with E-state index >= 15 is 0 Å². The van der Waals surface area contributed by atoms with Crippen molar-refractivity contribution in [3.05, 3.63) is 28.2 Å². The Bertz CT molecular complexity index is 578. The largest absolute Gasteiger partial charge is 0.478 e. The molecule has 1 aromatic rings. The summed E-state index contributed by atoms with van der Waals surface area (Å²) in [5.74, 6) is 0.198. The van der Waals surface area contributed by atoms with Gasteiger partial charge < -0.3 is 15.3 Å². The average molecular weight is 353 g/mol. The summed E-state index contributed by atoms with van der Waals surface area (Å²) in [7, 11) is 0. The van der Waals surface area contributed by atoms with Crippen molar-refractivity contribution in [2.24, 2.45) is 11.8 Å². The Morgan fingerprint density at radius 2 is 1.90 bits per heavy atom. The molecule has 1 saturated heterocycles. The zero-order valence-corrected chi connectivity index (χ0v) is 13.1. The van der Waals surface area contributed by atoms with Crippen LogP contribution in [0.15, 0.2) is 22.7 Å². The quantitative estimate of drug-likeness (QED) is 0.856. The molecule has 0 spiro atoms. The molecule has 2 unspecified atom stereocenters. The molecule has 2 atom stereocenters. The number of nitrogens with zero attached hydrogens (tertiary/aromatic N) is 1. The molecule has 2 aliphatic rings. The molecule has 1 aromatic carbocycles. The summed E-state index contributed by atoms with van der Waals surface area (Å²) in [6.07, 6.45) is 3.67. The zero-order chi connectivity index (χ0) is 15.0. The first-order valence-corrected chi connectivity index (χ1v) is 7.92. The fraction of sp³-hybridized carbons (Fsp3) is 0.467. The number of benzene rings is 1. The van der Waals surface area contributed by atoms with Crippen LogP contribution in [0.2, 0.25) is 0 Å². The molecule has 5 nitrogen and oxygen atoms in total. The molecular weight excluding hydrogens is 336 g/mol. The molecule has 0 aromatic heterocycles. The SMILES string of the molecule is O=C(O)c1cc(Br)ccc1NC(=O)N1CC2CCCC2C1. The van der Waals surface area contributed by atoms with Gasteiger partial charge in [0.1, 0.15) is 0 Å². The third-order valence-electron chi connectivity index (χ3n) is 4.47. The lowest BCUT2D eigenvalue weighted by Crippen LogP contribution is -2.34. The molecule has 0 bridgehead atoms. The van der Waals surface area contributed by atoms with Crippen molar-refractivity contribution < 1.29 is 14.7 Å². The number of carboxylic acids is 1. The van der Waals surface area contributed by atoms with Gasteiger partial charge in [0.15, 0.2) is 0 Å². The van der Waals surface area contributed by atoms with Crippen molar-refractivity contribution >= 4 is 33.6 Å². The molecular formula is C15H17BrN2O3. The van der Waals surface area contributed by atoms with Crippen LogP contribution in [-0.4, -0.2) is 35.1 Å². The van der Waals surface area contributed by atoms with E-state index in [1.165, 1.54) is 25.3 Å². The van der Waals surface area contributed by atoms with E-state index in [1.54, 1.807) is 12.1 Å². The van der Waals surface area contributed by atoms with Crippen LogP contribution in [0.5, 0.6) is 0 Å². The van der Waals surface area contributed by atoms with Crippen LogP contribution >= 0.6 is 15.9 Å². The van der Waals surface area contributed by atoms with Crippen molar-refractivity contribution in [3.63, 3.8) is 0 Å². The van der Waals surface area contributed by atoms with Crippen molar-refractivity contribution in [1.29, 1.82) is 0 Å². The van der Waals surface area contributed by atoms with E-state index in [0.29, 0.717) is 22.0 Å². The number of likely N-dealkylation sites (tertiary alicyclic amines) is 1. The highest BCUT2D eigenvalue weighted by Crippen LogP contribution is 2.37. The molecule has 1 heterocycles. The Balaban J connectivity index is 1.72. The number of nitrogens with one attached hydrogen (secondary N) is 1. The first-order valence-electron chi connectivity index (χ1n) is 7.13. The predicted octanol–water partition coefficient (Wildman–Crippen LogP) is 3.41. The van der Waals surface area contributed by atoms with Gasteiger partial charge >= 0.3 is 12.0 Å². The van der Waals surface area contributed by atoms with Gasteiger partial charge in [-0.3, -0.25) is 0 Å². The fourth-order valence-electron chi connectivity index (χ4n) is 3.40. The normalized spacial score (nSPS) is 24.0. The lowest BCUT2D eigenvalue weighted by Gasteiger charge is -2.19. The Labute approximate surface area is 131 Å². The number of urea groups is 1. The molecule has 112 valence electrons. The van der Waals surface area contributed by atoms with Crippen LogP contribution < -0.4 is 5.32 Å². The van der Waals surface area contributed by atoms with Crippen LogP contribution in [0.1, 0.15) is 29.6 Å². The summed E-state index contributed by atoms with van der Waals surface area (Å²) in [6.45, 7) is 1.57. The number of aromatic carboxylic acids is 1. The minimum atomic E-state index is -1.05. The van der Waals surface area contributed by atoms with Crippen LogP contribution in [0, 0.1) is 11.8 Å². The van der Waals surface area contributed by atoms with Gasteiger partial charge in [-0.15, -0.1) is 0 Å². The van der Waals surface area contributed by atoms with E-state index in [2.05, 4.69) is 21.2 Å². The third kappa shape index (κ3) is 2.90. The van der Waals surface area contributed by atoms with E-state index in [0.717, 1.165) is 13.1 Å². The molecule has 1 saturated carbocycles. The van der Waals surface area contributed by atoms with Gasteiger partial charge in [0.2, 0.25) is 0 Å². The number of hydrogen-bond acceptors (Lipinski definition) is 2. The van der Waals surface area contributed by atoms with Crippen LogP contribution in [0.25, 0.3) is 0 Å². The van der Waals surface area contributed by atoms with E-state index in [4.69, 9.17) is 0 Å². The van der Waals surface area contributed by atoms with Crippen LogP contribution in [0.4, 0.5) is 10.5 Å². The summed E-state index contributed by atoms with van der Waals surface area (Å²) in [6, 6.07) is 4.63. The molecule has 6 heteroatoms. The number of carbonyl (C=O) groups excluding carboxylic acids is 1. The topological polar surface area (TPSA) is 69.6 Å². The molecule has 3 rings (SSSR count). The predicted molar refractivity (Wildman–Crippen MR) is 82.5 cm³/mol. The molecule has 1 aliphatic carbocycles. The molecule has 0 radical (unpaired) electrons. The molecule has 21 heavy (non-hydrogen) atoms. The standard InChI is InChI=1S/C15H17BrN2O3/c16-11-4-5-13(12(6-11)14(19)20)17-15(21)18-7-9-2-1-3-10(9)8-18/h4-6,9-10H,1-3,7-8H2,(H,17,21)(H,19,20). The van der Waals surface area contributed by atoms with Gasteiger partial charge in [0.25, 0.3) is 0 Å². The second kappa shape index (κ2) is 5.67. The maximum Gasteiger partial charge on any atom is 0.337 e. The van der Waals surface area contributed by atoms with E-state index in [1.807, 2.05) is 4.90 Å². The van der Waals surface area contributed by atoms with E-state index < -0.39 is 5.97 Å². The number of fused-ring (bicyclic) bond motifs is 1. The first-order chi connectivity index (χ1) is 10.0. The smallest absolute Gasteiger partial charge is 0.337 e. The van der Waals surface area contributed by atoms with Gasteiger partial charge in [-0.2, -0.15) is 0 Å². The Morgan fingerprint density at radius 1 is 1.24 bits per heavy atom. The minimum absolute atomic E-state index is 0.0946. The summed E-state index contributed by atoms with van der Waals surface area (Å²) in [4.78, 5) is 25.4. The summed E-state index contributed by atoms with van der Waals surface area (Å²) in [5.41, 5.74) is 0.435. The second-order valence-electron chi connectivity index (χ2n) is 5.78. The van der Waals surface area contributed by atoms with E-state index in [-0.39, 0.29) is 11.6 Å². The van der Waals surface area contributed by atoms with Crippen molar-refractivity contribution in [2.45, 2.75) is 19.3 Å². The van der Waals surface area contributed by atoms with Gasteiger partial charge in [-0.1, -0.05) is 22.4 Å². The number of rotatable bonds is 2. The van der Waals surface area contributed by atoms with Crippen molar-refractivity contribution in [3.8, 4) is 0 Å². The minimum Gasteiger partial charge on any atom is -0.478 e. The maximum atomic E-state index is 12.3. The summed E-state index contributed by atoms with van der Waals surface area (Å²) in [5, 5.41) is 11.9. The zero-order valence-electron chi connectivity index (χ0n) is 11.5. The van der Waals surface area contributed by atoms with Gasteiger partial charge in [-0.05, 0) is 42.9 Å². The Kier molecular flexibility index (Phi) is 3.89. The third-order valence-corrected chi connectivity index (χ3v) is 4.96. The number of halogens is 1. The summed E-state index contributed by atoms with van der Waals surface area (Å²) < 4.78 is 0.675. The highest BCUT2D eigenvalue weighted by Gasteiger charge is 2.38. The maximum absolute atomic E-state index is 12.3. The van der Waals surface area contributed by atoms with Gasteiger partial charge in [0, 0.05) is 17.6 Å². The van der Waals surface area contributed by atoms with Crippen molar-refractivity contribution in [1.82, 2.24) is 4.90 Å². The van der Waals surface area contributed by atoms with Gasteiger partial charge in [-0.25, -0.2) is 9.59 Å². The number of carboxylic acid groups (broad SMARTS) is 1. The Hall–Kier alpha value is -1.56. The van der Waals surface area contributed by atoms with Crippen LogP contribution in [-0.2, 0) is 0 Å². The highest BCUT2D eigenvalue weighted by atomic mass is 79.9. The second-order valence-corrected chi connectivity index (χ2v) is 6.70. The monoisotopic (exact) mass is 352 g/mol. The van der Waals surface area contributed by atoms with Crippen molar-refractivity contribution in [2.75, 3.05) is 18.4 Å². The highest BCUT2D eigenvalue weighted by molar-refractivity contribution is 9.10. The fourth-order valence-corrected chi connectivity index (χ4v) is 3.76. The lowest BCUT2D eigenvalue weighted by molar-refractivity contribution is 0.0698. The molecule has 2 N–H and O–H groups in total. The molecule has 2 fully saturated rings. The first kappa shape index (κ1) is 14.4. The lowest BCUT2D eigenvalue weighted by atomic mass is 10.0. The summed E-state index contributed by atoms with van der Waals surface area (Å²) >= 11 is 3.24. The Morgan fingerprint density at radius 3 is 2.52 bits per heavy atom. The van der Waals surface area contributed by atoms with Crippen LogP contribution in [0.3, 0.4) is 0 Å². The molecule has 2 amide bonds. The van der Waals surface area contributed by atoms with E-state index in [9.17, 15) is 14.7 Å². The number of anilines is 1. The van der Waals surface area contributed by atoms with Gasteiger partial charge in [0.05, 0.1) is 11.3 Å². The number of carbonyl (C=O) groups is 2. The molecule has 1 aliphatic heterocycles. The average Bonchev–Trinajstić information content (AvgIpc) is 3.01.